The van der Waals surface area contributed by atoms with Crippen LogP contribution in [0.3, 0.4) is 0 Å². The van der Waals surface area contributed by atoms with Gasteiger partial charge in [0.2, 0.25) is 0 Å². The van der Waals surface area contributed by atoms with Crippen molar-refractivity contribution in [2.75, 3.05) is 33.4 Å². The number of nitrogens with zero attached hydrogens (tertiary/aromatic N) is 1. The Kier molecular flexibility index (Phi) is 7.87. The molecule has 1 fully saturated rings. The van der Waals surface area contributed by atoms with Gasteiger partial charge in [0.05, 0.1) is 0 Å². The van der Waals surface area contributed by atoms with E-state index in [9.17, 15) is 0 Å². The SMILES string of the molecule is CCNC(=NCC1(CC)CCCC1)NCCCOC. The average molecular weight is 269 g/mol. The molecule has 0 aliphatic heterocycles. The second-order valence-corrected chi connectivity index (χ2v) is 5.53. The van der Waals surface area contributed by atoms with Crippen molar-refractivity contribution in [2.24, 2.45) is 10.4 Å². The molecule has 2 N–H and O–H groups in total. The van der Waals surface area contributed by atoms with Crippen LogP contribution in [0.15, 0.2) is 4.99 Å². The first-order valence-corrected chi connectivity index (χ1v) is 7.77. The molecule has 1 saturated carbocycles. The van der Waals surface area contributed by atoms with E-state index in [0.29, 0.717) is 5.41 Å². The molecule has 4 nitrogen and oxygen atoms in total. The summed E-state index contributed by atoms with van der Waals surface area (Å²) >= 11 is 0. The summed E-state index contributed by atoms with van der Waals surface area (Å²) in [6.07, 6.45) is 7.70. The first kappa shape index (κ1) is 16.3. The fraction of sp³-hybridized carbons (Fsp3) is 0.933. The first-order valence-electron chi connectivity index (χ1n) is 7.77. The van der Waals surface area contributed by atoms with E-state index in [2.05, 4.69) is 24.5 Å². The normalized spacial score (nSPS) is 18.6. The van der Waals surface area contributed by atoms with Gasteiger partial charge >= 0.3 is 0 Å². The zero-order valence-electron chi connectivity index (χ0n) is 12.9. The van der Waals surface area contributed by atoms with Gasteiger partial charge in [-0.25, -0.2) is 0 Å². The molecule has 112 valence electrons. The van der Waals surface area contributed by atoms with Crippen LogP contribution in [0.2, 0.25) is 0 Å². The summed E-state index contributed by atoms with van der Waals surface area (Å²) in [5.41, 5.74) is 0.467. The maximum Gasteiger partial charge on any atom is 0.191 e. The molecular weight excluding hydrogens is 238 g/mol. The number of nitrogens with one attached hydrogen (secondary N) is 2. The first-order chi connectivity index (χ1) is 9.26. The molecule has 0 aromatic carbocycles. The zero-order valence-corrected chi connectivity index (χ0v) is 12.9. The molecule has 0 heterocycles. The minimum absolute atomic E-state index is 0.467. The Hall–Kier alpha value is -0.770. The lowest BCUT2D eigenvalue weighted by Crippen LogP contribution is -2.39. The predicted octanol–water partition coefficient (Wildman–Crippen LogP) is 2.55. The van der Waals surface area contributed by atoms with Crippen LogP contribution in [0.1, 0.15) is 52.4 Å². The van der Waals surface area contributed by atoms with Gasteiger partial charge in [0.1, 0.15) is 0 Å². The molecular formula is C15H31N3O. The summed E-state index contributed by atoms with van der Waals surface area (Å²) in [6, 6.07) is 0. The van der Waals surface area contributed by atoms with Crippen LogP contribution in [0, 0.1) is 5.41 Å². The van der Waals surface area contributed by atoms with E-state index < -0.39 is 0 Å². The second-order valence-electron chi connectivity index (χ2n) is 5.53. The van der Waals surface area contributed by atoms with Gasteiger partial charge in [-0.2, -0.15) is 0 Å². The molecule has 0 radical (unpaired) electrons. The van der Waals surface area contributed by atoms with Crippen LogP contribution in [-0.4, -0.2) is 39.3 Å². The summed E-state index contributed by atoms with van der Waals surface area (Å²) in [5.74, 6) is 0.957. The van der Waals surface area contributed by atoms with Crippen molar-refractivity contribution < 1.29 is 4.74 Å². The van der Waals surface area contributed by atoms with Crippen LogP contribution < -0.4 is 10.6 Å². The lowest BCUT2D eigenvalue weighted by molar-refractivity contribution is 0.195. The number of rotatable bonds is 8. The number of hydrogen-bond donors (Lipinski definition) is 2. The lowest BCUT2D eigenvalue weighted by atomic mass is 9.84. The van der Waals surface area contributed by atoms with Crippen molar-refractivity contribution in [3.05, 3.63) is 0 Å². The summed E-state index contributed by atoms with van der Waals surface area (Å²) in [7, 11) is 1.74. The quantitative estimate of drug-likeness (QED) is 0.404. The van der Waals surface area contributed by atoms with Gasteiger partial charge in [0.15, 0.2) is 5.96 Å². The number of aliphatic imine (C=N–C) groups is 1. The Morgan fingerprint density at radius 3 is 2.53 bits per heavy atom. The standard InChI is InChI=1S/C15H31N3O/c1-4-15(9-6-7-10-15)13-18-14(16-5-2)17-11-8-12-19-3/h4-13H2,1-3H3,(H2,16,17,18). The zero-order chi connectivity index (χ0) is 14.0. The maximum atomic E-state index is 5.06. The van der Waals surface area contributed by atoms with Crippen molar-refractivity contribution in [3.8, 4) is 0 Å². The molecule has 4 heteroatoms. The van der Waals surface area contributed by atoms with Gasteiger partial charge in [-0.3, -0.25) is 4.99 Å². The lowest BCUT2D eigenvalue weighted by Gasteiger charge is -2.25. The molecule has 1 aliphatic rings. The van der Waals surface area contributed by atoms with Crippen LogP contribution >= 0.6 is 0 Å². The fourth-order valence-corrected chi connectivity index (χ4v) is 2.76. The summed E-state index contributed by atoms with van der Waals surface area (Å²) in [6.45, 7) is 8.00. The van der Waals surface area contributed by atoms with E-state index in [4.69, 9.17) is 9.73 Å². The summed E-state index contributed by atoms with van der Waals surface area (Å²) in [4.78, 5) is 4.79. The smallest absolute Gasteiger partial charge is 0.191 e. The monoisotopic (exact) mass is 269 g/mol. The highest BCUT2D eigenvalue weighted by Crippen LogP contribution is 2.41. The molecule has 0 unspecified atom stereocenters. The highest BCUT2D eigenvalue weighted by Gasteiger charge is 2.31. The molecule has 1 aliphatic carbocycles. The van der Waals surface area contributed by atoms with Gasteiger partial charge in [0.25, 0.3) is 0 Å². The Morgan fingerprint density at radius 1 is 1.21 bits per heavy atom. The minimum atomic E-state index is 0.467. The van der Waals surface area contributed by atoms with Crippen LogP contribution in [0.5, 0.6) is 0 Å². The number of methoxy groups -OCH3 is 1. The molecule has 0 amide bonds. The third-order valence-corrected chi connectivity index (χ3v) is 4.15. The second kappa shape index (κ2) is 9.18. The Labute approximate surface area is 118 Å². The highest BCUT2D eigenvalue weighted by molar-refractivity contribution is 5.79. The molecule has 0 aromatic heterocycles. The third-order valence-electron chi connectivity index (χ3n) is 4.15. The topological polar surface area (TPSA) is 45.7 Å². The van der Waals surface area contributed by atoms with Crippen LogP contribution in [-0.2, 0) is 4.74 Å². The molecule has 0 saturated heterocycles. The van der Waals surface area contributed by atoms with E-state index in [0.717, 1.165) is 38.6 Å². The molecule has 1 rings (SSSR count). The van der Waals surface area contributed by atoms with E-state index in [1.165, 1.54) is 32.1 Å². The summed E-state index contributed by atoms with van der Waals surface area (Å²) in [5, 5.41) is 6.70. The van der Waals surface area contributed by atoms with Crippen molar-refractivity contribution >= 4 is 5.96 Å². The maximum absolute atomic E-state index is 5.06. The van der Waals surface area contributed by atoms with Crippen molar-refractivity contribution in [3.63, 3.8) is 0 Å². The molecule has 0 atom stereocenters. The highest BCUT2D eigenvalue weighted by atomic mass is 16.5. The third kappa shape index (κ3) is 5.81. The van der Waals surface area contributed by atoms with Gasteiger partial charge in [-0.15, -0.1) is 0 Å². The fourth-order valence-electron chi connectivity index (χ4n) is 2.76. The van der Waals surface area contributed by atoms with Crippen LogP contribution in [0.25, 0.3) is 0 Å². The Morgan fingerprint density at radius 2 is 1.95 bits per heavy atom. The average Bonchev–Trinajstić information content (AvgIpc) is 2.90. The van der Waals surface area contributed by atoms with Crippen molar-refractivity contribution in [1.29, 1.82) is 0 Å². The number of ether oxygens (including phenoxy) is 1. The molecule has 0 bridgehead atoms. The summed E-state index contributed by atoms with van der Waals surface area (Å²) < 4.78 is 5.06. The Balaban J connectivity index is 2.42. The van der Waals surface area contributed by atoms with Crippen molar-refractivity contribution in [1.82, 2.24) is 10.6 Å². The largest absolute Gasteiger partial charge is 0.385 e. The Bertz CT molecular complexity index is 260. The van der Waals surface area contributed by atoms with Gasteiger partial charge in [0, 0.05) is 33.4 Å². The van der Waals surface area contributed by atoms with Crippen molar-refractivity contribution in [2.45, 2.75) is 52.4 Å². The molecule has 0 spiro atoms. The van der Waals surface area contributed by atoms with Gasteiger partial charge in [-0.05, 0) is 38.0 Å². The van der Waals surface area contributed by atoms with E-state index in [-0.39, 0.29) is 0 Å². The van der Waals surface area contributed by atoms with E-state index >= 15 is 0 Å². The van der Waals surface area contributed by atoms with E-state index in [1.807, 2.05) is 0 Å². The van der Waals surface area contributed by atoms with Gasteiger partial charge in [-0.1, -0.05) is 19.8 Å². The predicted molar refractivity (Wildman–Crippen MR) is 81.7 cm³/mol. The van der Waals surface area contributed by atoms with E-state index in [1.54, 1.807) is 7.11 Å². The number of hydrogen-bond acceptors (Lipinski definition) is 2. The molecule has 19 heavy (non-hydrogen) atoms. The van der Waals surface area contributed by atoms with Gasteiger partial charge < -0.3 is 15.4 Å². The number of guanidine groups is 1. The molecule has 0 aromatic rings. The minimum Gasteiger partial charge on any atom is -0.385 e. The van der Waals surface area contributed by atoms with Crippen LogP contribution in [0.4, 0.5) is 0 Å².